The van der Waals surface area contributed by atoms with Crippen molar-refractivity contribution >= 4 is 11.6 Å². The molecule has 0 fully saturated rings. The van der Waals surface area contributed by atoms with E-state index in [1.165, 1.54) is 0 Å². The third kappa shape index (κ3) is 5.05. The van der Waals surface area contributed by atoms with Crippen LogP contribution in [0.4, 0.5) is 5.69 Å². The minimum atomic E-state index is -0.0848. The van der Waals surface area contributed by atoms with Gasteiger partial charge in [-0.15, -0.1) is 6.58 Å². The van der Waals surface area contributed by atoms with Gasteiger partial charge in [-0.25, -0.2) is 0 Å². The van der Waals surface area contributed by atoms with Gasteiger partial charge in [-0.2, -0.15) is 0 Å². The van der Waals surface area contributed by atoms with Crippen molar-refractivity contribution in [2.45, 2.75) is 13.8 Å². The van der Waals surface area contributed by atoms with Crippen LogP contribution in [0.15, 0.2) is 36.9 Å². The SMILES string of the molecule is C=CCNC(=O)c1ccc(NCC(CN)C(C)C)cc1. The highest BCUT2D eigenvalue weighted by atomic mass is 16.1. The molecule has 1 aromatic rings. The summed E-state index contributed by atoms with van der Waals surface area (Å²) in [6.07, 6.45) is 1.66. The summed E-state index contributed by atoms with van der Waals surface area (Å²) in [5.41, 5.74) is 7.40. The van der Waals surface area contributed by atoms with Crippen molar-refractivity contribution in [3.8, 4) is 0 Å². The first-order chi connectivity index (χ1) is 9.58. The summed E-state index contributed by atoms with van der Waals surface area (Å²) < 4.78 is 0. The van der Waals surface area contributed by atoms with Gasteiger partial charge in [-0.1, -0.05) is 19.9 Å². The van der Waals surface area contributed by atoms with E-state index in [2.05, 4.69) is 31.1 Å². The molecule has 4 N–H and O–H groups in total. The third-order valence-electron chi connectivity index (χ3n) is 3.37. The minimum absolute atomic E-state index is 0.0848. The molecule has 1 atom stereocenters. The monoisotopic (exact) mass is 275 g/mol. The molecule has 0 radical (unpaired) electrons. The highest BCUT2D eigenvalue weighted by Crippen LogP contribution is 2.13. The first-order valence-corrected chi connectivity index (χ1v) is 7.01. The lowest BCUT2D eigenvalue weighted by atomic mass is 9.96. The topological polar surface area (TPSA) is 67.2 Å². The van der Waals surface area contributed by atoms with Crippen LogP contribution in [-0.2, 0) is 0 Å². The smallest absolute Gasteiger partial charge is 0.251 e. The van der Waals surface area contributed by atoms with Gasteiger partial charge in [0.05, 0.1) is 0 Å². The first-order valence-electron chi connectivity index (χ1n) is 7.01. The van der Waals surface area contributed by atoms with Crippen molar-refractivity contribution in [1.82, 2.24) is 5.32 Å². The van der Waals surface area contributed by atoms with Gasteiger partial charge < -0.3 is 16.4 Å². The number of nitrogens with one attached hydrogen (secondary N) is 2. The average molecular weight is 275 g/mol. The van der Waals surface area contributed by atoms with Gasteiger partial charge >= 0.3 is 0 Å². The van der Waals surface area contributed by atoms with Gasteiger partial charge in [0.15, 0.2) is 0 Å². The molecule has 0 aromatic heterocycles. The summed E-state index contributed by atoms with van der Waals surface area (Å²) in [6.45, 7) is 9.91. The fourth-order valence-electron chi connectivity index (χ4n) is 1.85. The van der Waals surface area contributed by atoms with E-state index >= 15 is 0 Å². The molecule has 20 heavy (non-hydrogen) atoms. The quantitative estimate of drug-likeness (QED) is 0.637. The van der Waals surface area contributed by atoms with Crippen LogP contribution in [0.5, 0.6) is 0 Å². The van der Waals surface area contributed by atoms with E-state index in [9.17, 15) is 4.79 Å². The van der Waals surface area contributed by atoms with E-state index in [0.717, 1.165) is 12.2 Å². The van der Waals surface area contributed by atoms with E-state index in [1.54, 1.807) is 6.08 Å². The number of nitrogens with two attached hydrogens (primary N) is 1. The highest BCUT2D eigenvalue weighted by Gasteiger charge is 2.11. The molecule has 0 heterocycles. The molecule has 1 aromatic carbocycles. The summed E-state index contributed by atoms with van der Waals surface area (Å²) in [4.78, 5) is 11.7. The van der Waals surface area contributed by atoms with Crippen LogP contribution in [0.3, 0.4) is 0 Å². The maximum Gasteiger partial charge on any atom is 0.251 e. The summed E-state index contributed by atoms with van der Waals surface area (Å²) in [5, 5.41) is 6.11. The van der Waals surface area contributed by atoms with Crippen molar-refractivity contribution in [3.05, 3.63) is 42.5 Å². The maximum atomic E-state index is 11.7. The molecule has 0 aliphatic carbocycles. The largest absolute Gasteiger partial charge is 0.385 e. The van der Waals surface area contributed by atoms with Crippen LogP contribution in [0.25, 0.3) is 0 Å². The lowest BCUT2D eigenvalue weighted by Gasteiger charge is -2.20. The van der Waals surface area contributed by atoms with E-state index in [1.807, 2.05) is 24.3 Å². The van der Waals surface area contributed by atoms with Crippen LogP contribution >= 0.6 is 0 Å². The summed E-state index contributed by atoms with van der Waals surface area (Å²) in [6, 6.07) is 7.45. The number of rotatable bonds is 8. The standard InChI is InChI=1S/C16H25N3O/c1-4-9-18-16(20)13-5-7-15(8-6-13)19-11-14(10-17)12(2)3/h4-8,12,14,19H,1,9-11,17H2,2-3H3,(H,18,20). The van der Waals surface area contributed by atoms with Gasteiger partial charge in [0.2, 0.25) is 0 Å². The second-order valence-electron chi connectivity index (χ2n) is 5.20. The summed E-state index contributed by atoms with van der Waals surface area (Å²) in [7, 11) is 0. The van der Waals surface area contributed by atoms with Gasteiger partial charge in [-0.05, 0) is 42.6 Å². The number of carbonyl (C=O) groups is 1. The van der Waals surface area contributed by atoms with Gasteiger partial charge in [0.25, 0.3) is 5.91 Å². The summed E-state index contributed by atoms with van der Waals surface area (Å²) in [5.74, 6) is 0.917. The Labute approximate surface area is 121 Å². The summed E-state index contributed by atoms with van der Waals surface area (Å²) >= 11 is 0. The third-order valence-corrected chi connectivity index (χ3v) is 3.37. The van der Waals surface area contributed by atoms with Crippen LogP contribution in [0, 0.1) is 11.8 Å². The molecular formula is C16H25N3O. The molecular weight excluding hydrogens is 250 g/mol. The van der Waals surface area contributed by atoms with Crippen LogP contribution in [-0.4, -0.2) is 25.5 Å². The van der Waals surface area contributed by atoms with Crippen LogP contribution in [0.2, 0.25) is 0 Å². The zero-order chi connectivity index (χ0) is 15.0. The molecule has 4 nitrogen and oxygen atoms in total. The zero-order valence-electron chi connectivity index (χ0n) is 12.4. The molecule has 0 spiro atoms. The van der Waals surface area contributed by atoms with E-state index in [0.29, 0.717) is 30.5 Å². The van der Waals surface area contributed by atoms with Crippen LogP contribution in [0.1, 0.15) is 24.2 Å². The second-order valence-corrected chi connectivity index (χ2v) is 5.20. The number of hydrogen-bond acceptors (Lipinski definition) is 3. The molecule has 0 aliphatic heterocycles. The highest BCUT2D eigenvalue weighted by molar-refractivity contribution is 5.94. The fraction of sp³-hybridized carbons (Fsp3) is 0.438. The number of benzene rings is 1. The minimum Gasteiger partial charge on any atom is -0.385 e. The molecule has 1 rings (SSSR count). The van der Waals surface area contributed by atoms with Crippen molar-refractivity contribution in [3.63, 3.8) is 0 Å². The maximum absolute atomic E-state index is 11.7. The number of carbonyl (C=O) groups excluding carboxylic acids is 1. The Balaban J connectivity index is 2.54. The molecule has 1 amide bonds. The average Bonchev–Trinajstić information content (AvgIpc) is 2.45. The number of hydrogen-bond donors (Lipinski definition) is 3. The van der Waals surface area contributed by atoms with Crippen LogP contribution < -0.4 is 16.4 Å². The van der Waals surface area contributed by atoms with Crippen molar-refractivity contribution < 1.29 is 4.79 Å². The Bertz CT molecular complexity index is 426. The molecule has 110 valence electrons. The molecule has 1 unspecified atom stereocenters. The van der Waals surface area contributed by atoms with Gasteiger partial charge in [0.1, 0.15) is 0 Å². The van der Waals surface area contributed by atoms with E-state index < -0.39 is 0 Å². The second kappa shape index (κ2) is 8.38. The molecule has 0 saturated heterocycles. The molecule has 0 bridgehead atoms. The molecule has 0 saturated carbocycles. The normalized spacial score (nSPS) is 12.0. The van der Waals surface area contributed by atoms with Gasteiger partial charge in [0, 0.05) is 24.3 Å². The predicted molar refractivity (Wildman–Crippen MR) is 84.8 cm³/mol. The molecule has 4 heteroatoms. The Morgan fingerprint density at radius 3 is 2.50 bits per heavy atom. The Morgan fingerprint density at radius 2 is 2.00 bits per heavy atom. The Hall–Kier alpha value is -1.81. The predicted octanol–water partition coefficient (Wildman–Crippen LogP) is 2.25. The Kier molecular flexibility index (Phi) is 6.81. The molecule has 0 aliphatic rings. The van der Waals surface area contributed by atoms with E-state index in [-0.39, 0.29) is 5.91 Å². The van der Waals surface area contributed by atoms with Crippen molar-refractivity contribution in [2.24, 2.45) is 17.6 Å². The number of amides is 1. The van der Waals surface area contributed by atoms with Gasteiger partial charge in [-0.3, -0.25) is 4.79 Å². The Morgan fingerprint density at radius 1 is 1.35 bits per heavy atom. The fourth-order valence-corrected chi connectivity index (χ4v) is 1.85. The zero-order valence-corrected chi connectivity index (χ0v) is 12.4. The van der Waals surface area contributed by atoms with Crippen molar-refractivity contribution in [1.29, 1.82) is 0 Å². The van der Waals surface area contributed by atoms with E-state index in [4.69, 9.17) is 5.73 Å². The first kappa shape index (κ1) is 16.2. The lowest BCUT2D eigenvalue weighted by Crippen LogP contribution is -2.27. The van der Waals surface area contributed by atoms with Crippen molar-refractivity contribution in [2.75, 3.05) is 25.0 Å². The number of anilines is 1. The lowest BCUT2D eigenvalue weighted by molar-refractivity contribution is 0.0958.